The number of halogens is 4. The van der Waals surface area contributed by atoms with Gasteiger partial charge in [0.25, 0.3) is 0 Å². The summed E-state index contributed by atoms with van der Waals surface area (Å²) in [6, 6.07) is 9.47. The number of carbonyl (C=O) groups is 2. The van der Waals surface area contributed by atoms with E-state index in [2.05, 4.69) is 4.98 Å². The molecule has 188 valence electrons. The lowest BCUT2D eigenvalue weighted by Gasteiger charge is -2.36. The number of rotatable bonds is 6. The first-order chi connectivity index (χ1) is 17.1. The first-order valence-electron chi connectivity index (χ1n) is 11.2. The number of alkyl halides is 3. The molecule has 1 fully saturated rings. The van der Waals surface area contributed by atoms with Crippen molar-refractivity contribution < 1.29 is 32.6 Å². The Hall–Kier alpha value is -3.11. The van der Waals surface area contributed by atoms with Gasteiger partial charge >= 0.3 is 12.1 Å². The van der Waals surface area contributed by atoms with Crippen LogP contribution in [0.4, 0.5) is 13.2 Å². The summed E-state index contributed by atoms with van der Waals surface area (Å²) in [5.41, 5.74) is 2.41. The number of amides is 1. The van der Waals surface area contributed by atoms with E-state index in [1.165, 1.54) is 23.5 Å². The minimum absolute atomic E-state index is 0.128. The van der Waals surface area contributed by atoms with Crippen LogP contribution in [0.3, 0.4) is 0 Å². The number of hydrogen-bond donors (Lipinski definition) is 1. The zero-order chi connectivity index (χ0) is 25.6. The lowest BCUT2D eigenvalue weighted by Crippen LogP contribution is -2.41. The molecule has 0 bridgehead atoms. The second kappa shape index (κ2) is 9.40. The molecule has 3 aromatic rings. The van der Waals surface area contributed by atoms with Gasteiger partial charge in [-0.1, -0.05) is 29.8 Å². The van der Waals surface area contributed by atoms with E-state index in [4.69, 9.17) is 21.4 Å². The third kappa shape index (κ3) is 4.67. The molecule has 0 radical (unpaired) electrons. The molecule has 1 N–H and O–H groups in total. The summed E-state index contributed by atoms with van der Waals surface area (Å²) in [5, 5.41) is 9.47. The number of thiazole rings is 1. The van der Waals surface area contributed by atoms with Crippen molar-refractivity contribution in [3.8, 4) is 5.75 Å². The molecule has 0 spiro atoms. The second-order valence-corrected chi connectivity index (χ2v) is 10.1. The van der Waals surface area contributed by atoms with E-state index in [1.54, 1.807) is 34.7 Å². The van der Waals surface area contributed by atoms with Crippen LogP contribution < -0.4 is 4.74 Å². The summed E-state index contributed by atoms with van der Waals surface area (Å²) in [7, 11) is 0. The first kappa shape index (κ1) is 24.6. The lowest BCUT2D eigenvalue weighted by atomic mass is 9.95. The molecule has 6 nitrogen and oxygen atoms in total. The highest BCUT2D eigenvalue weighted by Gasteiger charge is 2.51. The van der Waals surface area contributed by atoms with Crippen LogP contribution in [0, 0.1) is 5.92 Å². The van der Waals surface area contributed by atoms with E-state index in [0.717, 1.165) is 16.6 Å². The molecule has 0 unspecified atom stereocenters. The summed E-state index contributed by atoms with van der Waals surface area (Å²) in [4.78, 5) is 31.7. The Bertz CT molecular complexity index is 1330. The van der Waals surface area contributed by atoms with Crippen LogP contribution in [-0.4, -0.2) is 40.0 Å². The van der Waals surface area contributed by atoms with E-state index in [-0.39, 0.29) is 17.2 Å². The van der Waals surface area contributed by atoms with Crippen LogP contribution in [0.2, 0.25) is 5.02 Å². The normalized spacial score (nSPS) is 21.1. The molecular formula is C25H20ClF3N2O4S. The average Bonchev–Trinajstić information content (AvgIpc) is 3.49. The van der Waals surface area contributed by atoms with Gasteiger partial charge in [0.15, 0.2) is 6.61 Å². The summed E-state index contributed by atoms with van der Waals surface area (Å²) in [6.07, 6.45) is -3.68. The predicted octanol–water partition coefficient (Wildman–Crippen LogP) is 5.56. The maximum atomic E-state index is 13.7. The standard InChI is InChI=1S/C25H20ClF3N2O4S/c26-13-5-6-20(35-11-21(32)33)17(9-13)22-23-19(30-12-36-23)7-8-31(22)24(34)16-10-15(16)14-3-1-2-4-18(14)25(27,28)29/h1-6,9,12,15-16,22H,7-8,10-11H2,(H,32,33)/t15-,16+,22+/m1/s1. The number of benzene rings is 2. The second-order valence-electron chi connectivity index (χ2n) is 8.75. The molecule has 1 aliphatic carbocycles. The zero-order valence-corrected chi connectivity index (χ0v) is 20.2. The topological polar surface area (TPSA) is 79.7 Å². The molecule has 2 aliphatic rings. The minimum Gasteiger partial charge on any atom is -0.482 e. The highest BCUT2D eigenvalue weighted by molar-refractivity contribution is 7.09. The van der Waals surface area contributed by atoms with Gasteiger partial charge in [0.05, 0.1) is 27.7 Å². The molecule has 0 saturated heterocycles. The van der Waals surface area contributed by atoms with Crippen molar-refractivity contribution in [1.29, 1.82) is 0 Å². The van der Waals surface area contributed by atoms with Gasteiger partial charge < -0.3 is 14.7 Å². The van der Waals surface area contributed by atoms with Gasteiger partial charge in [-0.15, -0.1) is 11.3 Å². The van der Waals surface area contributed by atoms with Crippen LogP contribution in [0.5, 0.6) is 5.75 Å². The molecule has 1 aliphatic heterocycles. The Balaban J connectivity index is 1.49. The summed E-state index contributed by atoms with van der Waals surface area (Å²) in [5.74, 6) is -2.27. The van der Waals surface area contributed by atoms with E-state index in [9.17, 15) is 22.8 Å². The lowest BCUT2D eigenvalue weighted by molar-refractivity contribution is -0.139. The third-order valence-electron chi connectivity index (χ3n) is 6.50. The van der Waals surface area contributed by atoms with Crippen molar-refractivity contribution in [1.82, 2.24) is 9.88 Å². The zero-order valence-electron chi connectivity index (χ0n) is 18.7. The number of aromatic nitrogens is 1. The fourth-order valence-electron chi connectivity index (χ4n) is 4.84. The fourth-order valence-corrected chi connectivity index (χ4v) is 5.99. The summed E-state index contributed by atoms with van der Waals surface area (Å²) >= 11 is 7.63. The quantitative estimate of drug-likeness (QED) is 0.446. The Kier molecular flexibility index (Phi) is 6.42. The third-order valence-corrected chi connectivity index (χ3v) is 7.65. The molecule has 1 saturated carbocycles. The van der Waals surface area contributed by atoms with E-state index in [0.29, 0.717) is 30.0 Å². The van der Waals surface area contributed by atoms with Gasteiger partial charge in [-0.25, -0.2) is 9.78 Å². The highest BCUT2D eigenvalue weighted by atomic mass is 35.5. The molecule has 3 atom stereocenters. The highest BCUT2D eigenvalue weighted by Crippen LogP contribution is 2.53. The van der Waals surface area contributed by atoms with Gasteiger partial charge in [-0.05, 0) is 42.2 Å². The molecule has 2 aromatic carbocycles. The van der Waals surface area contributed by atoms with E-state index >= 15 is 0 Å². The molecule has 36 heavy (non-hydrogen) atoms. The molecular weight excluding hydrogens is 517 g/mol. The number of carboxylic acid groups (broad SMARTS) is 1. The van der Waals surface area contributed by atoms with Crippen molar-refractivity contribution in [3.63, 3.8) is 0 Å². The predicted molar refractivity (Wildman–Crippen MR) is 126 cm³/mol. The minimum atomic E-state index is -4.50. The Morgan fingerprint density at radius 3 is 2.72 bits per heavy atom. The Labute approximate surface area is 213 Å². The van der Waals surface area contributed by atoms with Crippen LogP contribution in [0.25, 0.3) is 0 Å². The molecule has 11 heteroatoms. The molecule has 1 aromatic heterocycles. The van der Waals surface area contributed by atoms with E-state index < -0.39 is 42.2 Å². The van der Waals surface area contributed by atoms with Crippen molar-refractivity contribution in [2.75, 3.05) is 13.2 Å². The summed E-state index contributed by atoms with van der Waals surface area (Å²) < 4.78 is 46.2. The number of carbonyl (C=O) groups excluding carboxylic acids is 1. The van der Waals surface area contributed by atoms with Crippen LogP contribution in [0.1, 0.15) is 45.6 Å². The first-order valence-corrected chi connectivity index (χ1v) is 12.4. The fraction of sp³-hybridized carbons (Fsp3) is 0.320. The van der Waals surface area contributed by atoms with Crippen molar-refractivity contribution in [2.24, 2.45) is 5.92 Å². The number of fused-ring (bicyclic) bond motifs is 1. The number of ether oxygens (including phenoxy) is 1. The maximum Gasteiger partial charge on any atom is 0.416 e. The Morgan fingerprint density at radius 1 is 1.19 bits per heavy atom. The van der Waals surface area contributed by atoms with Crippen molar-refractivity contribution >= 4 is 34.8 Å². The van der Waals surface area contributed by atoms with Gasteiger partial charge in [-0.2, -0.15) is 13.2 Å². The SMILES string of the molecule is O=C(O)COc1ccc(Cl)cc1[C@H]1c2scnc2CCN1C(=O)[C@H]1C[C@@H]1c1ccccc1C(F)(F)F. The average molecular weight is 537 g/mol. The van der Waals surface area contributed by atoms with Gasteiger partial charge in [0.1, 0.15) is 5.75 Å². The number of hydrogen-bond acceptors (Lipinski definition) is 5. The molecule has 1 amide bonds. The Morgan fingerprint density at radius 2 is 1.97 bits per heavy atom. The molecule has 2 heterocycles. The van der Waals surface area contributed by atoms with Gasteiger partial charge in [0.2, 0.25) is 5.91 Å². The largest absolute Gasteiger partial charge is 0.482 e. The number of aliphatic carboxylic acids is 1. The van der Waals surface area contributed by atoms with Crippen LogP contribution in [-0.2, 0) is 22.2 Å². The number of nitrogens with zero attached hydrogens (tertiary/aromatic N) is 2. The molecule has 5 rings (SSSR count). The number of carboxylic acids is 1. The maximum absolute atomic E-state index is 13.7. The van der Waals surface area contributed by atoms with Gasteiger partial charge in [-0.3, -0.25) is 4.79 Å². The van der Waals surface area contributed by atoms with Crippen molar-refractivity contribution in [2.45, 2.75) is 31.0 Å². The van der Waals surface area contributed by atoms with Crippen molar-refractivity contribution in [3.05, 3.63) is 80.3 Å². The summed E-state index contributed by atoms with van der Waals surface area (Å²) in [6.45, 7) is -0.265. The van der Waals surface area contributed by atoms with E-state index in [1.807, 2.05) is 0 Å². The monoisotopic (exact) mass is 536 g/mol. The van der Waals surface area contributed by atoms with Gasteiger partial charge in [0, 0.05) is 29.5 Å². The smallest absolute Gasteiger partial charge is 0.416 e. The van der Waals surface area contributed by atoms with Crippen LogP contribution in [0.15, 0.2) is 48.0 Å². The van der Waals surface area contributed by atoms with Crippen LogP contribution >= 0.6 is 22.9 Å².